The summed E-state index contributed by atoms with van der Waals surface area (Å²) >= 11 is 0. The molecule has 3 N–H and O–H groups in total. The zero-order valence-electron chi connectivity index (χ0n) is 54.8. The number of carbonyl (C=O) groups excluding carboxylic acids is 2. The molecular weight excluding hydrogens is 995 g/mol. The summed E-state index contributed by atoms with van der Waals surface area (Å²) in [4.78, 5) is 24.5. The van der Waals surface area contributed by atoms with E-state index in [0.717, 1.165) is 51.4 Å². The molecule has 0 saturated carbocycles. The van der Waals surface area contributed by atoms with Crippen molar-refractivity contribution in [2.75, 3.05) is 13.2 Å². The minimum atomic E-state index is -0.661. The van der Waals surface area contributed by atoms with Crippen molar-refractivity contribution in [2.45, 2.75) is 418 Å². The van der Waals surface area contributed by atoms with Crippen LogP contribution >= 0.6 is 0 Å². The van der Waals surface area contributed by atoms with Gasteiger partial charge in [0.25, 0.3) is 0 Å². The molecule has 0 aromatic rings. The lowest BCUT2D eigenvalue weighted by Gasteiger charge is -2.22. The van der Waals surface area contributed by atoms with Gasteiger partial charge in [-0.25, -0.2) is 0 Å². The number of ether oxygens (including phenoxy) is 1. The van der Waals surface area contributed by atoms with E-state index in [2.05, 4.69) is 55.6 Å². The molecule has 0 rings (SSSR count). The number of hydrogen-bond acceptors (Lipinski definition) is 5. The van der Waals surface area contributed by atoms with Gasteiger partial charge in [0.2, 0.25) is 5.91 Å². The summed E-state index contributed by atoms with van der Waals surface area (Å²) in [5, 5.41) is 23.3. The largest absolute Gasteiger partial charge is 0.466 e. The summed E-state index contributed by atoms with van der Waals surface area (Å²) in [6.07, 6.45) is 90.8. The van der Waals surface area contributed by atoms with Crippen LogP contribution in [0.3, 0.4) is 0 Å². The van der Waals surface area contributed by atoms with Crippen LogP contribution in [0.1, 0.15) is 406 Å². The van der Waals surface area contributed by atoms with Crippen LogP contribution in [0.2, 0.25) is 0 Å². The second kappa shape index (κ2) is 70.6. The molecule has 2 atom stereocenters. The van der Waals surface area contributed by atoms with Gasteiger partial charge in [0.15, 0.2) is 0 Å². The van der Waals surface area contributed by atoms with Gasteiger partial charge in [-0.15, -0.1) is 0 Å². The maximum atomic E-state index is 12.5. The number of esters is 1. The first kappa shape index (κ1) is 79.1. The third kappa shape index (κ3) is 67.1. The molecule has 0 bridgehead atoms. The highest BCUT2D eigenvalue weighted by molar-refractivity contribution is 5.76. The molecule has 0 aliphatic heterocycles. The van der Waals surface area contributed by atoms with E-state index in [1.54, 1.807) is 0 Å². The fraction of sp³-hybridized carbons (Fsp3) is 0.893. The van der Waals surface area contributed by atoms with E-state index in [0.29, 0.717) is 25.9 Å². The maximum Gasteiger partial charge on any atom is 0.305 e. The highest BCUT2D eigenvalue weighted by Crippen LogP contribution is 2.19. The Morgan fingerprint density at radius 1 is 0.346 bits per heavy atom. The summed E-state index contributed by atoms with van der Waals surface area (Å²) in [5.74, 6) is -0.0198. The van der Waals surface area contributed by atoms with E-state index in [9.17, 15) is 19.8 Å². The molecule has 0 aliphatic carbocycles. The maximum absolute atomic E-state index is 12.5. The zero-order chi connectivity index (χ0) is 58.5. The fourth-order valence-electron chi connectivity index (χ4n) is 11.6. The lowest BCUT2D eigenvalue weighted by molar-refractivity contribution is -0.143. The molecule has 0 fully saturated rings. The van der Waals surface area contributed by atoms with Crippen molar-refractivity contribution >= 4 is 11.9 Å². The van der Waals surface area contributed by atoms with Crippen molar-refractivity contribution < 1.29 is 24.5 Å². The van der Waals surface area contributed by atoms with Crippen molar-refractivity contribution in [1.29, 1.82) is 0 Å². The summed E-state index contributed by atoms with van der Waals surface area (Å²) in [5.41, 5.74) is 0. The van der Waals surface area contributed by atoms with E-state index >= 15 is 0 Å². The summed E-state index contributed by atoms with van der Waals surface area (Å²) < 4.78 is 5.49. The Hall–Kier alpha value is -1.92. The van der Waals surface area contributed by atoms with E-state index in [1.165, 1.54) is 321 Å². The van der Waals surface area contributed by atoms with E-state index in [4.69, 9.17) is 4.74 Å². The van der Waals surface area contributed by atoms with Crippen LogP contribution in [0.5, 0.6) is 0 Å². The molecule has 6 heteroatoms. The Morgan fingerprint density at radius 3 is 0.951 bits per heavy atom. The molecule has 0 saturated heterocycles. The second-order valence-electron chi connectivity index (χ2n) is 25.3. The van der Waals surface area contributed by atoms with Crippen LogP contribution in [0, 0.1) is 0 Å². The average Bonchev–Trinajstić information content (AvgIpc) is 3.47. The number of allylic oxidation sites excluding steroid dienone is 6. The van der Waals surface area contributed by atoms with Crippen molar-refractivity contribution in [3.63, 3.8) is 0 Å². The monoisotopic (exact) mass is 1140 g/mol. The molecule has 0 aromatic carbocycles. The number of hydrogen-bond donors (Lipinski definition) is 3. The van der Waals surface area contributed by atoms with Crippen LogP contribution in [-0.2, 0) is 14.3 Å². The number of nitrogens with one attached hydrogen (secondary N) is 1. The van der Waals surface area contributed by atoms with Gasteiger partial charge in [-0.05, 0) is 83.5 Å². The molecule has 0 heterocycles. The molecule has 81 heavy (non-hydrogen) atoms. The smallest absolute Gasteiger partial charge is 0.305 e. The molecule has 1 amide bonds. The van der Waals surface area contributed by atoms with Crippen molar-refractivity contribution in [3.8, 4) is 0 Å². The van der Waals surface area contributed by atoms with E-state index < -0.39 is 12.1 Å². The predicted octanol–water partition coefficient (Wildman–Crippen LogP) is 23.9. The van der Waals surface area contributed by atoms with Gasteiger partial charge in [-0.1, -0.05) is 346 Å². The van der Waals surface area contributed by atoms with Gasteiger partial charge in [0, 0.05) is 12.8 Å². The SMILES string of the molecule is CCCCCCC/C=C\CCCCCCCC(=O)OCCCCCCCCCCCCCCC/C=C\C/C=C\CCCCCCCCCCCCCCCCCCCC(=O)NC(CO)C(O)CCCCCCCCCCCCCCC. The van der Waals surface area contributed by atoms with Gasteiger partial charge < -0.3 is 20.3 Å². The number of amides is 1. The number of unbranched alkanes of at least 4 members (excludes halogenated alkanes) is 52. The van der Waals surface area contributed by atoms with Crippen LogP contribution in [0.15, 0.2) is 36.5 Å². The molecule has 2 unspecified atom stereocenters. The molecular formula is C75H143NO5. The molecule has 478 valence electrons. The number of carbonyl (C=O) groups is 2. The summed E-state index contributed by atoms with van der Waals surface area (Å²) in [6.45, 7) is 4.97. The lowest BCUT2D eigenvalue weighted by Crippen LogP contribution is -2.45. The first-order chi connectivity index (χ1) is 40.0. The van der Waals surface area contributed by atoms with Crippen molar-refractivity contribution in [1.82, 2.24) is 5.32 Å². The molecule has 0 aliphatic rings. The molecule has 0 radical (unpaired) electrons. The van der Waals surface area contributed by atoms with Crippen LogP contribution in [-0.4, -0.2) is 47.4 Å². The first-order valence-corrected chi connectivity index (χ1v) is 36.7. The Balaban J connectivity index is 3.35. The summed E-state index contributed by atoms with van der Waals surface area (Å²) in [6, 6.07) is -0.539. The highest BCUT2D eigenvalue weighted by Gasteiger charge is 2.20. The Labute approximate surface area is 506 Å². The van der Waals surface area contributed by atoms with Gasteiger partial charge in [0.05, 0.1) is 25.4 Å². The Morgan fingerprint density at radius 2 is 0.617 bits per heavy atom. The highest BCUT2D eigenvalue weighted by atomic mass is 16.5. The number of aliphatic hydroxyl groups excluding tert-OH is 2. The molecule has 0 spiro atoms. The van der Waals surface area contributed by atoms with E-state index in [1.807, 2.05) is 0 Å². The fourth-order valence-corrected chi connectivity index (χ4v) is 11.6. The van der Waals surface area contributed by atoms with Gasteiger partial charge >= 0.3 is 5.97 Å². The molecule has 0 aromatic heterocycles. The van der Waals surface area contributed by atoms with Crippen LogP contribution in [0.25, 0.3) is 0 Å². The van der Waals surface area contributed by atoms with Gasteiger partial charge in [-0.2, -0.15) is 0 Å². The number of rotatable bonds is 69. The third-order valence-electron chi connectivity index (χ3n) is 17.2. The topological polar surface area (TPSA) is 95.9 Å². The standard InChI is InChI=1S/C75H143NO5/c1-3-5-7-9-11-13-15-17-45-49-53-57-61-65-69-75(80)81-70-66-62-58-54-50-46-42-40-38-36-34-32-30-28-26-24-22-20-18-19-21-23-25-27-29-31-33-35-37-39-41-44-48-52-56-60-64-68-74(79)76-72(71-77)73(78)67-63-59-55-51-47-43-16-14-12-10-8-6-4-2/h15,17-18,20,24,26,72-73,77-78H,3-14,16,19,21-23,25,27-71H2,1-2H3,(H,76,79)/b17-15-,20-18-,26-24-. The average molecular weight is 1140 g/mol. The normalized spacial score (nSPS) is 12.7. The quantitative estimate of drug-likeness (QED) is 0.0320. The van der Waals surface area contributed by atoms with Gasteiger partial charge in [0.1, 0.15) is 0 Å². The molecule has 6 nitrogen and oxygen atoms in total. The number of aliphatic hydroxyl groups is 2. The van der Waals surface area contributed by atoms with Crippen molar-refractivity contribution in [2.24, 2.45) is 0 Å². The Bertz CT molecular complexity index is 1310. The zero-order valence-corrected chi connectivity index (χ0v) is 54.8. The lowest BCUT2D eigenvalue weighted by atomic mass is 10.0. The predicted molar refractivity (Wildman–Crippen MR) is 356 cm³/mol. The van der Waals surface area contributed by atoms with E-state index in [-0.39, 0.29) is 18.5 Å². The minimum absolute atomic E-state index is 0.0105. The van der Waals surface area contributed by atoms with Crippen LogP contribution < -0.4 is 5.32 Å². The summed E-state index contributed by atoms with van der Waals surface area (Å²) in [7, 11) is 0. The van der Waals surface area contributed by atoms with Gasteiger partial charge in [-0.3, -0.25) is 9.59 Å². The second-order valence-corrected chi connectivity index (χ2v) is 25.3. The van der Waals surface area contributed by atoms with Crippen LogP contribution in [0.4, 0.5) is 0 Å². The minimum Gasteiger partial charge on any atom is -0.466 e. The van der Waals surface area contributed by atoms with Crippen molar-refractivity contribution in [3.05, 3.63) is 36.5 Å². The first-order valence-electron chi connectivity index (χ1n) is 36.7. The third-order valence-corrected chi connectivity index (χ3v) is 17.2. The Kier molecular flexibility index (Phi) is 68.9.